The SMILES string of the molecule is Cc1cc(C2(O)CC3CCC(C2)N3C(=O)OCc2ccccc2)ccc1C#N. The molecule has 2 unspecified atom stereocenters. The summed E-state index contributed by atoms with van der Waals surface area (Å²) in [4.78, 5) is 14.5. The van der Waals surface area contributed by atoms with E-state index < -0.39 is 5.60 Å². The number of rotatable bonds is 3. The molecule has 28 heavy (non-hydrogen) atoms. The van der Waals surface area contributed by atoms with Gasteiger partial charge in [-0.25, -0.2) is 4.79 Å². The Morgan fingerprint density at radius 1 is 1.21 bits per heavy atom. The highest BCUT2D eigenvalue weighted by Gasteiger charge is 2.50. The van der Waals surface area contributed by atoms with Gasteiger partial charge in [0.1, 0.15) is 6.61 Å². The van der Waals surface area contributed by atoms with Crippen molar-refractivity contribution in [2.75, 3.05) is 0 Å². The van der Waals surface area contributed by atoms with Gasteiger partial charge in [-0.2, -0.15) is 5.26 Å². The average molecular weight is 376 g/mol. The maximum atomic E-state index is 12.7. The van der Waals surface area contributed by atoms with Crippen molar-refractivity contribution in [1.82, 2.24) is 4.90 Å². The van der Waals surface area contributed by atoms with Crippen LogP contribution in [-0.4, -0.2) is 28.2 Å². The number of carbonyl (C=O) groups is 1. The lowest BCUT2D eigenvalue weighted by Crippen LogP contribution is -2.52. The minimum absolute atomic E-state index is 0.0250. The summed E-state index contributed by atoms with van der Waals surface area (Å²) in [6, 6.07) is 17.3. The fourth-order valence-corrected chi connectivity index (χ4v) is 4.63. The number of hydrogen-bond donors (Lipinski definition) is 1. The van der Waals surface area contributed by atoms with Crippen LogP contribution >= 0.6 is 0 Å². The second-order valence-corrected chi connectivity index (χ2v) is 7.91. The third kappa shape index (κ3) is 3.36. The van der Waals surface area contributed by atoms with Crippen molar-refractivity contribution in [3.05, 3.63) is 70.8 Å². The molecule has 2 aromatic rings. The van der Waals surface area contributed by atoms with E-state index in [1.165, 1.54) is 0 Å². The van der Waals surface area contributed by atoms with Gasteiger partial charge in [0.2, 0.25) is 0 Å². The van der Waals surface area contributed by atoms with E-state index in [9.17, 15) is 9.90 Å². The highest BCUT2D eigenvalue weighted by molar-refractivity contribution is 5.69. The van der Waals surface area contributed by atoms with Gasteiger partial charge in [-0.3, -0.25) is 0 Å². The number of piperidine rings is 1. The minimum atomic E-state index is -0.971. The van der Waals surface area contributed by atoms with Gasteiger partial charge in [-0.1, -0.05) is 42.5 Å². The Balaban J connectivity index is 1.47. The molecule has 5 nitrogen and oxygen atoms in total. The van der Waals surface area contributed by atoms with E-state index in [1.54, 1.807) is 6.07 Å². The fourth-order valence-electron chi connectivity index (χ4n) is 4.63. The molecule has 2 aliphatic rings. The molecule has 0 radical (unpaired) electrons. The third-order valence-electron chi connectivity index (χ3n) is 6.07. The second kappa shape index (κ2) is 7.29. The number of carbonyl (C=O) groups excluding carboxylic acids is 1. The first kappa shape index (κ1) is 18.5. The topological polar surface area (TPSA) is 73.6 Å². The van der Waals surface area contributed by atoms with Gasteiger partial charge in [0.05, 0.1) is 17.2 Å². The maximum absolute atomic E-state index is 12.7. The van der Waals surface area contributed by atoms with E-state index in [-0.39, 0.29) is 24.8 Å². The molecule has 0 aromatic heterocycles. The number of aryl methyl sites for hydroxylation is 1. The van der Waals surface area contributed by atoms with Gasteiger partial charge >= 0.3 is 6.09 Å². The molecule has 0 saturated carbocycles. The molecule has 2 atom stereocenters. The molecule has 1 N–H and O–H groups in total. The highest BCUT2D eigenvalue weighted by atomic mass is 16.6. The zero-order chi connectivity index (χ0) is 19.7. The number of aliphatic hydroxyl groups is 1. The molecule has 5 heteroatoms. The third-order valence-corrected chi connectivity index (χ3v) is 6.07. The fraction of sp³-hybridized carbons (Fsp3) is 0.391. The molecule has 1 amide bonds. The molecule has 2 aliphatic heterocycles. The van der Waals surface area contributed by atoms with Crippen LogP contribution in [0.5, 0.6) is 0 Å². The zero-order valence-electron chi connectivity index (χ0n) is 16.0. The summed E-state index contributed by atoms with van der Waals surface area (Å²) >= 11 is 0. The Morgan fingerprint density at radius 3 is 2.50 bits per heavy atom. The summed E-state index contributed by atoms with van der Waals surface area (Å²) in [6.45, 7) is 2.14. The monoisotopic (exact) mass is 376 g/mol. The molecule has 144 valence electrons. The first-order valence-corrected chi connectivity index (χ1v) is 9.73. The summed E-state index contributed by atoms with van der Waals surface area (Å²) in [5, 5.41) is 20.5. The molecule has 2 saturated heterocycles. The molecular weight excluding hydrogens is 352 g/mol. The van der Waals surface area contributed by atoms with E-state index in [0.29, 0.717) is 18.4 Å². The van der Waals surface area contributed by atoms with E-state index in [0.717, 1.165) is 29.5 Å². The van der Waals surface area contributed by atoms with Crippen molar-refractivity contribution in [1.29, 1.82) is 5.26 Å². The van der Waals surface area contributed by atoms with Gasteiger partial charge in [0.15, 0.2) is 0 Å². The molecule has 2 fully saturated rings. The van der Waals surface area contributed by atoms with Gasteiger partial charge in [0.25, 0.3) is 0 Å². The standard InChI is InChI=1S/C23H24N2O3/c1-16-11-19(8-7-18(16)14-24)23(27)12-20-9-10-21(13-23)25(20)22(26)28-15-17-5-3-2-4-6-17/h2-8,11,20-21,27H,9-10,12-13,15H2,1H3. The Morgan fingerprint density at radius 2 is 1.89 bits per heavy atom. The van der Waals surface area contributed by atoms with Gasteiger partial charge in [0, 0.05) is 24.9 Å². The molecule has 2 aromatic carbocycles. The van der Waals surface area contributed by atoms with Gasteiger partial charge in [-0.05, 0) is 42.5 Å². The van der Waals surface area contributed by atoms with E-state index >= 15 is 0 Å². The molecule has 0 aliphatic carbocycles. The molecule has 2 bridgehead atoms. The first-order chi connectivity index (χ1) is 13.5. The van der Waals surface area contributed by atoms with E-state index in [4.69, 9.17) is 10.00 Å². The smallest absolute Gasteiger partial charge is 0.410 e. The molecule has 0 spiro atoms. The van der Waals surface area contributed by atoms with Crippen LogP contribution in [-0.2, 0) is 16.9 Å². The number of benzene rings is 2. The number of amides is 1. The van der Waals surface area contributed by atoms with Crippen molar-refractivity contribution in [3.63, 3.8) is 0 Å². The quantitative estimate of drug-likeness (QED) is 0.878. The predicted octanol–water partition coefficient (Wildman–Crippen LogP) is 4.02. The number of nitriles is 1. The maximum Gasteiger partial charge on any atom is 0.410 e. The Labute approximate surface area is 165 Å². The minimum Gasteiger partial charge on any atom is -0.445 e. The van der Waals surface area contributed by atoms with Crippen LogP contribution in [0.2, 0.25) is 0 Å². The Kier molecular flexibility index (Phi) is 4.82. The van der Waals surface area contributed by atoms with Crippen LogP contribution < -0.4 is 0 Å². The summed E-state index contributed by atoms with van der Waals surface area (Å²) in [6.07, 6.45) is 2.45. The Bertz CT molecular complexity index is 905. The van der Waals surface area contributed by atoms with Crippen molar-refractivity contribution in [2.45, 2.75) is 56.9 Å². The molecule has 2 heterocycles. The number of nitrogens with zero attached hydrogens (tertiary/aromatic N) is 2. The lowest BCUT2D eigenvalue weighted by molar-refractivity contribution is -0.0537. The summed E-state index contributed by atoms with van der Waals surface area (Å²) in [5.41, 5.74) is 2.31. The van der Waals surface area contributed by atoms with Gasteiger partial charge in [-0.15, -0.1) is 0 Å². The average Bonchev–Trinajstić information content (AvgIpc) is 2.99. The second-order valence-electron chi connectivity index (χ2n) is 7.91. The lowest BCUT2D eigenvalue weighted by atomic mass is 9.80. The normalized spacial score (nSPS) is 26.0. The van der Waals surface area contributed by atoms with Crippen molar-refractivity contribution < 1.29 is 14.6 Å². The summed E-state index contributed by atoms with van der Waals surface area (Å²) < 4.78 is 5.54. The van der Waals surface area contributed by atoms with Crippen LogP contribution in [0, 0.1) is 18.3 Å². The van der Waals surface area contributed by atoms with Crippen molar-refractivity contribution in [3.8, 4) is 6.07 Å². The van der Waals surface area contributed by atoms with Crippen LogP contribution in [0.3, 0.4) is 0 Å². The van der Waals surface area contributed by atoms with Crippen LogP contribution in [0.25, 0.3) is 0 Å². The van der Waals surface area contributed by atoms with Crippen LogP contribution in [0.15, 0.2) is 48.5 Å². The largest absolute Gasteiger partial charge is 0.445 e. The van der Waals surface area contributed by atoms with Crippen molar-refractivity contribution >= 4 is 6.09 Å². The molecule has 4 rings (SSSR count). The zero-order valence-corrected chi connectivity index (χ0v) is 16.0. The number of hydrogen-bond acceptors (Lipinski definition) is 4. The lowest BCUT2D eigenvalue weighted by Gasteiger charge is -2.43. The summed E-state index contributed by atoms with van der Waals surface area (Å²) in [5.74, 6) is 0. The number of fused-ring (bicyclic) bond motifs is 2. The van der Waals surface area contributed by atoms with Crippen LogP contribution in [0.4, 0.5) is 4.79 Å². The van der Waals surface area contributed by atoms with E-state index in [1.807, 2.05) is 54.3 Å². The predicted molar refractivity (Wildman–Crippen MR) is 104 cm³/mol. The van der Waals surface area contributed by atoms with Gasteiger partial charge < -0.3 is 14.7 Å². The van der Waals surface area contributed by atoms with Crippen LogP contribution in [0.1, 0.15) is 47.9 Å². The number of ether oxygens (including phenoxy) is 1. The highest BCUT2D eigenvalue weighted by Crippen LogP contribution is 2.46. The van der Waals surface area contributed by atoms with Crippen molar-refractivity contribution in [2.24, 2.45) is 0 Å². The molecular formula is C23H24N2O3. The summed E-state index contributed by atoms with van der Waals surface area (Å²) in [7, 11) is 0. The first-order valence-electron chi connectivity index (χ1n) is 9.73. The Hall–Kier alpha value is -2.84. The van der Waals surface area contributed by atoms with E-state index in [2.05, 4.69) is 6.07 Å².